The van der Waals surface area contributed by atoms with Crippen molar-refractivity contribution in [1.29, 1.82) is 0 Å². The van der Waals surface area contributed by atoms with Gasteiger partial charge in [0, 0.05) is 38.6 Å². The molecular weight excluding hydrogens is 441 g/mol. The average molecular weight is 456 g/mol. The first-order valence-electron chi connectivity index (χ1n) is 9.28. The molecule has 5 nitrogen and oxygen atoms in total. The SMILES string of the molecule is O=C(Nc1ccc(F)c(Cl)c1)c1ccc2c(c1SCCO)C(=O)c1ccccc1C2=O. The monoisotopic (exact) mass is 455 g/mol. The summed E-state index contributed by atoms with van der Waals surface area (Å²) >= 11 is 6.90. The highest BCUT2D eigenvalue weighted by Gasteiger charge is 2.33. The van der Waals surface area contributed by atoms with Gasteiger partial charge in [-0.1, -0.05) is 35.9 Å². The van der Waals surface area contributed by atoms with Crippen molar-refractivity contribution >= 4 is 46.5 Å². The van der Waals surface area contributed by atoms with Crippen LogP contribution in [0.15, 0.2) is 59.5 Å². The lowest BCUT2D eigenvalue weighted by Crippen LogP contribution is -2.24. The topological polar surface area (TPSA) is 83.5 Å². The number of halogens is 2. The molecule has 0 radical (unpaired) electrons. The summed E-state index contributed by atoms with van der Waals surface area (Å²) in [6.45, 7) is -0.179. The lowest BCUT2D eigenvalue weighted by atomic mass is 9.83. The van der Waals surface area contributed by atoms with E-state index in [0.29, 0.717) is 10.5 Å². The molecular formula is C23H15ClFNO4S. The largest absolute Gasteiger partial charge is 0.396 e. The smallest absolute Gasteiger partial charge is 0.256 e. The standard InChI is InChI=1S/C23H15ClFNO4S/c24-17-11-12(5-8-18(17)25)26-23(30)16-7-6-15-19(22(16)31-10-9-27)21(29)14-4-2-1-3-13(14)20(15)28/h1-8,11,27H,9-10H2,(H,26,30). The van der Waals surface area contributed by atoms with Crippen LogP contribution in [0.4, 0.5) is 10.1 Å². The van der Waals surface area contributed by atoms with Gasteiger partial charge in [0.25, 0.3) is 5.91 Å². The van der Waals surface area contributed by atoms with E-state index in [-0.39, 0.29) is 56.9 Å². The zero-order valence-corrected chi connectivity index (χ0v) is 17.5. The maximum Gasteiger partial charge on any atom is 0.256 e. The van der Waals surface area contributed by atoms with Gasteiger partial charge in [0.1, 0.15) is 5.82 Å². The number of nitrogens with one attached hydrogen (secondary N) is 1. The van der Waals surface area contributed by atoms with Crippen molar-refractivity contribution < 1.29 is 23.9 Å². The number of rotatable bonds is 5. The maximum atomic E-state index is 13.4. The summed E-state index contributed by atoms with van der Waals surface area (Å²) in [6, 6.07) is 13.2. The first kappa shape index (κ1) is 21.2. The van der Waals surface area contributed by atoms with Gasteiger partial charge in [-0.25, -0.2) is 4.39 Å². The van der Waals surface area contributed by atoms with Gasteiger partial charge in [-0.3, -0.25) is 14.4 Å². The highest BCUT2D eigenvalue weighted by Crippen LogP contribution is 2.36. The molecule has 1 aliphatic carbocycles. The Morgan fingerprint density at radius 3 is 2.39 bits per heavy atom. The van der Waals surface area contributed by atoms with Gasteiger partial charge < -0.3 is 10.4 Å². The molecule has 156 valence electrons. The Hall–Kier alpha value is -3.00. The number of thioether (sulfide) groups is 1. The number of aliphatic hydroxyl groups is 1. The summed E-state index contributed by atoms with van der Waals surface area (Å²) in [5, 5.41) is 11.8. The molecule has 4 rings (SSSR count). The Balaban J connectivity index is 1.80. The minimum absolute atomic E-state index is 0.143. The van der Waals surface area contributed by atoms with E-state index in [9.17, 15) is 23.9 Å². The Morgan fingerprint density at radius 2 is 1.71 bits per heavy atom. The zero-order valence-electron chi connectivity index (χ0n) is 15.9. The molecule has 1 amide bonds. The number of hydrogen-bond acceptors (Lipinski definition) is 5. The summed E-state index contributed by atoms with van der Waals surface area (Å²) in [4.78, 5) is 39.5. The molecule has 8 heteroatoms. The van der Waals surface area contributed by atoms with Crippen molar-refractivity contribution in [1.82, 2.24) is 0 Å². The molecule has 3 aromatic rings. The minimum atomic E-state index is -0.615. The number of benzene rings is 3. The van der Waals surface area contributed by atoms with Gasteiger partial charge in [0.05, 0.1) is 17.2 Å². The predicted molar refractivity (Wildman–Crippen MR) is 117 cm³/mol. The molecule has 0 heterocycles. The summed E-state index contributed by atoms with van der Waals surface area (Å²) < 4.78 is 13.4. The van der Waals surface area contributed by atoms with E-state index >= 15 is 0 Å². The molecule has 31 heavy (non-hydrogen) atoms. The second kappa shape index (κ2) is 8.63. The molecule has 0 bridgehead atoms. The normalized spacial score (nSPS) is 12.4. The van der Waals surface area contributed by atoms with Gasteiger partial charge in [0.2, 0.25) is 0 Å². The third-order valence-electron chi connectivity index (χ3n) is 4.81. The van der Waals surface area contributed by atoms with E-state index in [4.69, 9.17) is 11.6 Å². The summed E-state index contributed by atoms with van der Waals surface area (Å²) in [5.41, 5.74) is 1.39. The average Bonchev–Trinajstić information content (AvgIpc) is 2.77. The van der Waals surface area contributed by atoms with E-state index in [1.807, 2.05) is 0 Å². The fourth-order valence-electron chi connectivity index (χ4n) is 3.40. The van der Waals surface area contributed by atoms with E-state index in [0.717, 1.165) is 17.8 Å². The Bertz CT molecular complexity index is 1240. The van der Waals surface area contributed by atoms with Crippen molar-refractivity contribution in [2.24, 2.45) is 0 Å². The molecule has 0 saturated carbocycles. The Labute approximate surface area is 186 Å². The quantitative estimate of drug-likeness (QED) is 0.430. The van der Waals surface area contributed by atoms with E-state index < -0.39 is 11.7 Å². The summed E-state index contributed by atoms with van der Waals surface area (Å²) in [7, 11) is 0. The van der Waals surface area contributed by atoms with Crippen molar-refractivity contribution in [3.05, 3.63) is 93.3 Å². The highest BCUT2D eigenvalue weighted by atomic mass is 35.5. The zero-order chi connectivity index (χ0) is 22.1. The van der Waals surface area contributed by atoms with Gasteiger partial charge in [0.15, 0.2) is 11.6 Å². The number of anilines is 1. The van der Waals surface area contributed by atoms with Crippen molar-refractivity contribution in [2.75, 3.05) is 17.7 Å². The molecule has 0 atom stereocenters. The predicted octanol–water partition coefficient (Wildman–Crippen LogP) is 4.59. The van der Waals surface area contributed by atoms with Crippen LogP contribution in [0.3, 0.4) is 0 Å². The van der Waals surface area contributed by atoms with Crippen LogP contribution in [0.5, 0.6) is 0 Å². The summed E-state index contributed by atoms with van der Waals surface area (Å²) in [6.07, 6.45) is 0. The van der Waals surface area contributed by atoms with Crippen LogP contribution in [0.25, 0.3) is 0 Å². The lowest BCUT2D eigenvalue weighted by Gasteiger charge is -2.22. The molecule has 2 N–H and O–H groups in total. The van der Waals surface area contributed by atoms with E-state index in [1.165, 1.54) is 24.3 Å². The lowest BCUT2D eigenvalue weighted by molar-refractivity contribution is 0.0975. The van der Waals surface area contributed by atoms with Crippen LogP contribution in [0.2, 0.25) is 5.02 Å². The number of amides is 1. The molecule has 0 aliphatic heterocycles. The van der Waals surface area contributed by atoms with Crippen LogP contribution < -0.4 is 5.32 Å². The fourth-order valence-corrected chi connectivity index (χ4v) is 4.54. The molecule has 0 saturated heterocycles. The minimum Gasteiger partial charge on any atom is -0.396 e. The van der Waals surface area contributed by atoms with Crippen LogP contribution in [0, 0.1) is 5.82 Å². The first-order valence-corrected chi connectivity index (χ1v) is 10.6. The first-order chi connectivity index (χ1) is 14.9. The van der Waals surface area contributed by atoms with Gasteiger partial charge in [-0.15, -0.1) is 11.8 Å². The van der Waals surface area contributed by atoms with Crippen molar-refractivity contribution in [2.45, 2.75) is 4.90 Å². The van der Waals surface area contributed by atoms with Gasteiger partial charge >= 0.3 is 0 Å². The van der Waals surface area contributed by atoms with Crippen LogP contribution in [-0.4, -0.2) is 34.9 Å². The molecule has 0 unspecified atom stereocenters. The van der Waals surface area contributed by atoms with Crippen molar-refractivity contribution in [3.63, 3.8) is 0 Å². The second-order valence-electron chi connectivity index (χ2n) is 6.72. The van der Waals surface area contributed by atoms with Crippen molar-refractivity contribution in [3.8, 4) is 0 Å². The molecule has 0 aromatic heterocycles. The third kappa shape index (κ3) is 3.87. The highest BCUT2D eigenvalue weighted by molar-refractivity contribution is 7.99. The Morgan fingerprint density at radius 1 is 1.00 bits per heavy atom. The fraction of sp³-hybridized carbons (Fsp3) is 0.0870. The van der Waals surface area contributed by atoms with E-state index in [1.54, 1.807) is 24.3 Å². The number of carbonyl (C=O) groups is 3. The number of ketones is 2. The molecule has 0 fully saturated rings. The molecule has 0 spiro atoms. The van der Waals surface area contributed by atoms with Gasteiger partial charge in [-0.05, 0) is 30.3 Å². The summed E-state index contributed by atoms with van der Waals surface area (Å²) in [5.74, 6) is -1.60. The maximum absolute atomic E-state index is 13.4. The molecule has 3 aromatic carbocycles. The van der Waals surface area contributed by atoms with Crippen LogP contribution in [-0.2, 0) is 0 Å². The number of fused-ring (bicyclic) bond motifs is 2. The molecule has 1 aliphatic rings. The van der Waals surface area contributed by atoms with E-state index in [2.05, 4.69) is 5.32 Å². The number of aliphatic hydroxyl groups excluding tert-OH is 1. The van der Waals surface area contributed by atoms with Crippen LogP contribution >= 0.6 is 23.4 Å². The van der Waals surface area contributed by atoms with Crippen LogP contribution in [0.1, 0.15) is 42.2 Å². The number of carbonyl (C=O) groups excluding carboxylic acids is 3. The Kier molecular flexibility index (Phi) is 5.91. The van der Waals surface area contributed by atoms with Gasteiger partial charge in [-0.2, -0.15) is 0 Å². The second-order valence-corrected chi connectivity index (χ2v) is 8.24. The number of hydrogen-bond donors (Lipinski definition) is 2. The third-order valence-corrected chi connectivity index (χ3v) is 6.19.